The highest BCUT2D eigenvalue weighted by Gasteiger charge is 2.31. The first kappa shape index (κ1) is 19.5. The van der Waals surface area contributed by atoms with Gasteiger partial charge >= 0.3 is 6.18 Å². The second-order valence-corrected chi connectivity index (χ2v) is 7.21. The number of alkyl halides is 3. The Hall–Kier alpha value is -2.23. The zero-order chi connectivity index (χ0) is 19.6. The minimum atomic E-state index is -4.37. The molecule has 0 amide bonds. The maximum atomic E-state index is 13.0. The molecule has 0 bridgehead atoms. The highest BCUT2D eigenvalue weighted by atomic mass is 35.5. The van der Waals surface area contributed by atoms with Gasteiger partial charge in [-0.15, -0.1) is 0 Å². The smallest absolute Gasteiger partial charge is 0.363 e. The monoisotopic (exact) mass is 393 g/mol. The Morgan fingerprint density at radius 2 is 2.04 bits per heavy atom. The summed E-state index contributed by atoms with van der Waals surface area (Å²) in [5.74, 6) is 0. The van der Waals surface area contributed by atoms with E-state index in [1.54, 1.807) is 24.3 Å². The number of benzene rings is 2. The lowest BCUT2D eigenvalue weighted by molar-refractivity contribution is -0.137. The zero-order valence-electron chi connectivity index (χ0n) is 14.8. The van der Waals surface area contributed by atoms with Crippen molar-refractivity contribution in [3.63, 3.8) is 0 Å². The predicted octanol–water partition coefficient (Wildman–Crippen LogP) is 4.94. The average molecular weight is 394 g/mol. The molecule has 0 N–H and O–H groups in total. The lowest BCUT2D eigenvalue weighted by Gasteiger charge is -2.32. The molecule has 1 aliphatic rings. The maximum Gasteiger partial charge on any atom is 0.416 e. The van der Waals surface area contributed by atoms with Crippen molar-refractivity contribution in [2.45, 2.75) is 25.2 Å². The molecule has 1 unspecified atom stereocenters. The molecule has 3 rings (SSSR count). The van der Waals surface area contributed by atoms with Gasteiger partial charge in [-0.25, -0.2) is 0 Å². The molecule has 27 heavy (non-hydrogen) atoms. The van der Waals surface area contributed by atoms with Crippen LogP contribution in [0.1, 0.15) is 23.1 Å². The first-order chi connectivity index (χ1) is 12.8. The first-order valence-corrected chi connectivity index (χ1v) is 8.96. The first-order valence-electron chi connectivity index (χ1n) is 8.59. The Labute approximate surface area is 161 Å². The van der Waals surface area contributed by atoms with Gasteiger partial charge in [0, 0.05) is 24.8 Å². The Balaban J connectivity index is 1.94. The number of anilines is 1. The Kier molecular flexibility index (Phi) is 5.64. The van der Waals surface area contributed by atoms with E-state index in [-0.39, 0.29) is 6.04 Å². The fourth-order valence-electron chi connectivity index (χ4n) is 3.41. The minimum Gasteiger partial charge on any atom is -0.363 e. The van der Waals surface area contributed by atoms with Crippen LogP contribution in [0.3, 0.4) is 0 Å². The van der Waals surface area contributed by atoms with Crippen LogP contribution in [-0.2, 0) is 12.7 Å². The molecule has 1 atom stereocenters. The average Bonchev–Trinajstić information content (AvgIpc) is 3.05. The molecule has 0 saturated carbocycles. The van der Waals surface area contributed by atoms with Gasteiger partial charge in [0.25, 0.3) is 0 Å². The number of hydrogen-bond acceptors (Lipinski definition) is 3. The number of halogens is 4. The van der Waals surface area contributed by atoms with Gasteiger partial charge in [-0.2, -0.15) is 18.4 Å². The van der Waals surface area contributed by atoms with Crippen molar-refractivity contribution < 1.29 is 13.2 Å². The molecule has 0 aromatic heterocycles. The van der Waals surface area contributed by atoms with Crippen molar-refractivity contribution in [1.82, 2.24) is 4.90 Å². The van der Waals surface area contributed by atoms with Gasteiger partial charge in [-0.05, 0) is 55.9 Å². The van der Waals surface area contributed by atoms with E-state index in [0.717, 1.165) is 31.3 Å². The minimum absolute atomic E-state index is 0.161. The number of hydrogen-bond donors (Lipinski definition) is 0. The van der Waals surface area contributed by atoms with Crippen molar-refractivity contribution in [2.75, 3.05) is 25.0 Å². The summed E-state index contributed by atoms with van der Waals surface area (Å²) in [6, 6.07) is 12.8. The highest BCUT2D eigenvalue weighted by molar-refractivity contribution is 6.32. The molecular formula is C20H19ClF3N3. The molecule has 1 fully saturated rings. The molecule has 0 radical (unpaired) electrons. The molecule has 0 spiro atoms. The molecule has 0 aliphatic carbocycles. The third kappa shape index (κ3) is 4.55. The summed E-state index contributed by atoms with van der Waals surface area (Å²) in [5.41, 5.74) is 1.11. The van der Waals surface area contributed by atoms with Crippen molar-refractivity contribution >= 4 is 17.3 Å². The highest BCUT2D eigenvalue weighted by Crippen LogP contribution is 2.32. The SMILES string of the molecule is CN1CCC(N(Cc2cccc(C(F)(F)F)c2)c2ccc(C#N)c(Cl)c2)C1. The number of nitriles is 1. The third-order valence-corrected chi connectivity index (χ3v) is 5.13. The van der Waals surface area contributed by atoms with Crippen LogP contribution in [0.25, 0.3) is 0 Å². The van der Waals surface area contributed by atoms with Crippen molar-refractivity contribution in [2.24, 2.45) is 0 Å². The fourth-order valence-corrected chi connectivity index (χ4v) is 3.63. The Morgan fingerprint density at radius 3 is 2.63 bits per heavy atom. The molecule has 7 heteroatoms. The van der Waals surface area contributed by atoms with Crippen LogP contribution < -0.4 is 4.90 Å². The van der Waals surface area contributed by atoms with Gasteiger partial charge in [0.2, 0.25) is 0 Å². The van der Waals surface area contributed by atoms with E-state index in [4.69, 9.17) is 16.9 Å². The van der Waals surface area contributed by atoms with Crippen molar-refractivity contribution in [3.8, 4) is 6.07 Å². The molecule has 1 heterocycles. The van der Waals surface area contributed by atoms with Crippen molar-refractivity contribution in [3.05, 3.63) is 64.2 Å². The van der Waals surface area contributed by atoms with Gasteiger partial charge in [0.15, 0.2) is 0 Å². The van der Waals surface area contributed by atoms with E-state index in [0.29, 0.717) is 22.7 Å². The van der Waals surface area contributed by atoms with E-state index in [1.807, 2.05) is 13.1 Å². The van der Waals surface area contributed by atoms with Crippen LogP contribution in [0.15, 0.2) is 42.5 Å². The number of likely N-dealkylation sites (tertiary alicyclic amines) is 1. The Morgan fingerprint density at radius 1 is 1.26 bits per heavy atom. The molecule has 1 saturated heterocycles. The number of nitrogens with zero attached hydrogens (tertiary/aromatic N) is 3. The van der Waals surface area contributed by atoms with Gasteiger partial charge in [0.05, 0.1) is 16.1 Å². The number of rotatable bonds is 4. The van der Waals surface area contributed by atoms with Crippen LogP contribution in [-0.4, -0.2) is 31.1 Å². The summed E-state index contributed by atoms with van der Waals surface area (Å²) in [7, 11) is 2.02. The summed E-state index contributed by atoms with van der Waals surface area (Å²) >= 11 is 6.19. The fraction of sp³-hybridized carbons (Fsp3) is 0.350. The summed E-state index contributed by atoms with van der Waals surface area (Å²) in [4.78, 5) is 4.26. The van der Waals surface area contributed by atoms with Crippen LogP contribution in [0.5, 0.6) is 0 Å². The second-order valence-electron chi connectivity index (χ2n) is 6.81. The van der Waals surface area contributed by atoms with Gasteiger partial charge < -0.3 is 9.80 Å². The Bertz CT molecular complexity index is 860. The summed E-state index contributed by atoms with van der Waals surface area (Å²) in [6.07, 6.45) is -3.46. The summed E-state index contributed by atoms with van der Waals surface area (Å²) in [6.45, 7) is 2.08. The number of likely N-dealkylation sites (N-methyl/N-ethyl adjacent to an activating group) is 1. The molecule has 1 aliphatic heterocycles. The van der Waals surface area contributed by atoms with Crippen LogP contribution >= 0.6 is 11.6 Å². The van der Waals surface area contributed by atoms with Crippen LogP contribution in [0.2, 0.25) is 5.02 Å². The topological polar surface area (TPSA) is 30.3 Å². The van der Waals surface area contributed by atoms with Gasteiger partial charge in [-0.3, -0.25) is 0 Å². The lowest BCUT2D eigenvalue weighted by atomic mass is 10.1. The van der Waals surface area contributed by atoms with Gasteiger partial charge in [-0.1, -0.05) is 23.7 Å². The van der Waals surface area contributed by atoms with Crippen LogP contribution in [0.4, 0.5) is 18.9 Å². The largest absolute Gasteiger partial charge is 0.416 e. The van der Waals surface area contributed by atoms with E-state index >= 15 is 0 Å². The molecule has 3 nitrogen and oxygen atoms in total. The molecule has 2 aromatic rings. The lowest BCUT2D eigenvalue weighted by Crippen LogP contribution is -2.36. The predicted molar refractivity (Wildman–Crippen MR) is 99.7 cm³/mol. The van der Waals surface area contributed by atoms with E-state index in [9.17, 15) is 13.2 Å². The molecule has 2 aromatic carbocycles. The molecule has 142 valence electrons. The second kappa shape index (κ2) is 7.79. The van der Waals surface area contributed by atoms with E-state index in [1.165, 1.54) is 12.1 Å². The zero-order valence-corrected chi connectivity index (χ0v) is 15.6. The molecular weight excluding hydrogens is 375 g/mol. The standard InChI is InChI=1S/C20H19ClF3N3/c1-26-8-7-18(13-26)27(17-6-5-15(11-25)19(21)10-17)12-14-3-2-4-16(9-14)20(22,23)24/h2-6,9-10,18H,7-8,12-13H2,1H3. The normalized spacial score (nSPS) is 17.7. The maximum absolute atomic E-state index is 13.0. The quantitative estimate of drug-likeness (QED) is 0.737. The van der Waals surface area contributed by atoms with E-state index < -0.39 is 11.7 Å². The summed E-state index contributed by atoms with van der Waals surface area (Å²) in [5, 5.41) is 9.42. The van der Waals surface area contributed by atoms with Crippen LogP contribution in [0, 0.1) is 11.3 Å². The van der Waals surface area contributed by atoms with Crippen molar-refractivity contribution in [1.29, 1.82) is 5.26 Å². The third-order valence-electron chi connectivity index (χ3n) is 4.82. The van der Waals surface area contributed by atoms with Gasteiger partial charge in [0.1, 0.15) is 6.07 Å². The van der Waals surface area contributed by atoms with E-state index in [2.05, 4.69) is 9.80 Å². The summed E-state index contributed by atoms with van der Waals surface area (Å²) < 4.78 is 39.1.